The van der Waals surface area contributed by atoms with E-state index in [1.54, 1.807) is 55.5 Å². The van der Waals surface area contributed by atoms with Crippen molar-refractivity contribution < 1.29 is 18.0 Å². The summed E-state index contributed by atoms with van der Waals surface area (Å²) in [5.74, 6) is -0.781. The van der Waals surface area contributed by atoms with Gasteiger partial charge in [-0.25, -0.2) is 8.42 Å². The molecule has 0 aliphatic heterocycles. The molecule has 2 atom stereocenters. The zero-order chi connectivity index (χ0) is 29.4. The molecule has 1 N–H and O–H groups in total. The number of carbonyl (C=O) groups is 2. The van der Waals surface area contributed by atoms with Gasteiger partial charge in [0, 0.05) is 22.0 Å². The minimum Gasteiger partial charge on any atom is -0.352 e. The first-order valence-electron chi connectivity index (χ1n) is 13.0. The van der Waals surface area contributed by atoms with Crippen LogP contribution in [-0.2, 0) is 26.2 Å². The van der Waals surface area contributed by atoms with E-state index in [4.69, 9.17) is 0 Å². The third-order valence-electron chi connectivity index (χ3n) is 6.68. The second-order valence-corrected chi connectivity index (χ2v) is 13.3. The maximum absolute atomic E-state index is 14.0. The van der Waals surface area contributed by atoms with Gasteiger partial charge in [0.2, 0.25) is 11.8 Å². The van der Waals surface area contributed by atoms with E-state index in [2.05, 4.69) is 21.2 Å². The lowest BCUT2D eigenvalue weighted by atomic mass is 10.1. The van der Waals surface area contributed by atoms with Gasteiger partial charge in [0.15, 0.2) is 0 Å². The fourth-order valence-corrected chi connectivity index (χ4v) is 6.04. The van der Waals surface area contributed by atoms with E-state index in [0.717, 1.165) is 31.2 Å². The largest absolute Gasteiger partial charge is 0.352 e. The number of benzene rings is 3. The Morgan fingerprint density at radius 1 is 0.950 bits per heavy atom. The van der Waals surface area contributed by atoms with E-state index in [1.165, 1.54) is 16.7 Å². The minimum atomic E-state index is -4.10. The third kappa shape index (κ3) is 8.11. The number of hydrogen-bond donors (Lipinski definition) is 1. The van der Waals surface area contributed by atoms with Gasteiger partial charge < -0.3 is 10.2 Å². The summed E-state index contributed by atoms with van der Waals surface area (Å²) in [4.78, 5) is 29.6. The monoisotopic (exact) mass is 645 g/mol. The van der Waals surface area contributed by atoms with Crippen molar-refractivity contribution in [2.75, 3.05) is 17.1 Å². The van der Waals surface area contributed by atoms with Crippen molar-refractivity contribution in [2.45, 2.75) is 62.5 Å². The Hall–Kier alpha value is -2.82. The Kier molecular flexibility index (Phi) is 11.2. The summed E-state index contributed by atoms with van der Waals surface area (Å²) in [6.45, 7) is 7.13. The molecule has 0 radical (unpaired) electrons. The Bertz CT molecular complexity index is 1400. The zero-order valence-electron chi connectivity index (χ0n) is 23.4. The lowest BCUT2D eigenvalue weighted by molar-refractivity contribution is -0.139. The Morgan fingerprint density at radius 3 is 2.10 bits per heavy atom. The third-order valence-corrected chi connectivity index (χ3v) is 9.74. The molecule has 3 rings (SSSR count). The van der Waals surface area contributed by atoms with Gasteiger partial charge in [-0.3, -0.25) is 13.9 Å². The summed E-state index contributed by atoms with van der Waals surface area (Å²) in [7, 11) is -4.10. The summed E-state index contributed by atoms with van der Waals surface area (Å²) in [6.07, 6.45) is 2.66. The molecule has 7 nitrogen and oxygen atoms in total. The van der Waals surface area contributed by atoms with Crippen molar-refractivity contribution in [2.24, 2.45) is 0 Å². The van der Waals surface area contributed by atoms with E-state index in [0.29, 0.717) is 5.69 Å². The molecule has 3 aromatic rings. The van der Waals surface area contributed by atoms with Gasteiger partial charge in [0.25, 0.3) is 10.0 Å². The van der Waals surface area contributed by atoms with Crippen molar-refractivity contribution >= 4 is 55.2 Å². The quantitative estimate of drug-likeness (QED) is 0.244. The van der Waals surface area contributed by atoms with Crippen LogP contribution in [0.15, 0.2) is 87.1 Å². The fraction of sp³-hybridized carbons (Fsp3) is 0.333. The van der Waals surface area contributed by atoms with Crippen LogP contribution in [0, 0.1) is 6.92 Å². The molecule has 0 spiro atoms. The molecule has 0 saturated heterocycles. The highest BCUT2D eigenvalue weighted by molar-refractivity contribution is 9.10. The molecule has 214 valence electrons. The first-order chi connectivity index (χ1) is 19.0. The molecule has 3 aromatic carbocycles. The summed E-state index contributed by atoms with van der Waals surface area (Å²) >= 11 is 4.94. The van der Waals surface area contributed by atoms with Crippen LogP contribution in [0.3, 0.4) is 0 Å². The van der Waals surface area contributed by atoms with E-state index < -0.39 is 28.5 Å². The van der Waals surface area contributed by atoms with Crippen molar-refractivity contribution in [1.82, 2.24) is 10.2 Å². The number of nitrogens with zero attached hydrogens (tertiary/aromatic N) is 2. The second-order valence-electron chi connectivity index (χ2n) is 9.66. The SMILES string of the molecule is CC[C@@H](C)NC(=O)[C@@H](C)N(Cc1ccc(Br)cc1)C(=O)CN(c1ccc(C)cc1)S(=O)(=O)c1ccc(SC)cc1. The lowest BCUT2D eigenvalue weighted by Crippen LogP contribution is -2.52. The number of nitrogens with one attached hydrogen (secondary N) is 1. The summed E-state index contributed by atoms with van der Waals surface area (Å²) in [5, 5.41) is 2.94. The maximum atomic E-state index is 14.0. The number of aryl methyl sites for hydroxylation is 1. The van der Waals surface area contributed by atoms with Crippen molar-refractivity contribution in [3.8, 4) is 0 Å². The number of thioether (sulfide) groups is 1. The molecular formula is C30H36BrN3O4S2. The average Bonchev–Trinajstić information content (AvgIpc) is 2.95. The normalized spacial score (nSPS) is 12.8. The second kappa shape index (κ2) is 14.2. The van der Waals surface area contributed by atoms with E-state index >= 15 is 0 Å². The van der Waals surface area contributed by atoms with E-state index in [1.807, 2.05) is 51.3 Å². The molecule has 0 fully saturated rings. The van der Waals surface area contributed by atoms with Crippen LogP contribution < -0.4 is 9.62 Å². The number of hydrogen-bond acceptors (Lipinski definition) is 5. The van der Waals surface area contributed by atoms with Gasteiger partial charge in [-0.1, -0.05) is 52.7 Å². The molecule has 10 heteroatoms. The number of carbonyl (C=O) groups excluding carboxylic acids is 2. The predicted octanol–water partition coefficient (Wildman–Crippen LogP) is 6.01. The fourth-order valence-electron chi connectivity index (χ4n) is 3.95. The summed E-state index contributed by atoms with van der Waals surface area (Å²) in [5.41, 5.74) is 2.15. The van der Waals surface area contributed by atoms with Crippen molar-refractivity contribution in [3.63, 3.8) is 0 Å². The van der Waals surface area contributed by atoms with Crippen molar-refractivity contribution in [1.29, 1.82) is 0 Å². The number of anilines is 1. The highest BCUT2D eigenvalue weighted by atomic mass is 79.9. The molecule has 0 bridgehead atoms. The molecule has 0 aliphatic rings. The van der Waals surface area contributed by atoms with Gasteiger partial charge in [0.1, 0.15) is 12.6 Å². The molecule has 0 unspecified atom stereocenters. The Morgan fingerprint density at radius 2 is 1.55 bits per heavy atom. The summed E-state index contributed by atoms with van der Waals surface area (Å²) in [6, 6.07) is 20.2. The number of sulfonamides is 1. The Balaban J connectivity index is 2.01. The van der Waals surface area contributed by atoms with Crippen LogP contribution in [-0.4, -0.2) is 50.0 Å². The first-order valence-corrected chi connectivity index (χ1v) is 16.5. The van der Waals surface area contributed by atoms with Crippen molar-refractivity contribution in [3.05, 3.63) is 88.4 Å². The van der Waals surface area contributed by atoms with Gasteiger partial charge in [-0.15, -0.1) is 11.8 Å². The molecule has 0 aliphatic carbocycles. The van der Waals surface area contributed by atoms with E-state index in [-0.39, 0.29) is 23.4 Å². The van der Waals surface area contributed by atoms with Crippen LogP contribution in [0.25, 0.3) is 0 Å². The van der Waals surface area contributed by atoms with Gasteiger partial charge in [-0.05, 0) is 87.5 Å². The number of rotatable bonds is 12. The molecule has 0 aromatic heterocycles. The van der Waals surface area contributed by atoms with Crippen LogP contribution >= 0.6 is 27.7 Å². The standard InChI is InChI=1S/C30H36BrN3O4S2/c1-6-22(3)32-30(36)23(4)33(19-24-9-11-25(31)12-10-24)29(35)20-34(26-13-7-21(2)8-14-26)40(37,38)28-17-15-27(39-5)16-18-28/h7-18,22-23H,6,19-20H2,1-5H3,(H,32,36)/t22-,23-/m1/s1. The van der Waals surface area contributed by atoms with Crippen LogP contribution in [0.2, 0.25) is 0 Å². The highest BCUT2D eigenvalue weighted by Crippen LogP contribution is 2.26. The van der Waals surface area contributed by atoms with E-state index in [9.17, 15) is 18.0 Å². The Labute approximate surface area is 250 Å². The number of amides is 2. The average molecular weight is 647 g/mol. The van der Waals surface area contributed by atoms with Gasteiger partial charge in [0.05, 0.1) is 10.6 Å². The zero-order valence-corrected chi connectivity index (χ0v) is 26.6. The number of halogens is 1. The predicted molar refractivity (Wildman–Crippen MR) is 166 cm³/mol. The molecule has 0 heterocycles. The van der Waals surface area contributed by atoms with Gasteiger partial charge >= 0.3 is 0 Å². The van der Waals surface area contributed by atoms with Crippen LogP contribution in [0.5, 0.6) is 0 Å². The van der Waals surface area contributed by atoms with Crippen LogP contribution in [0.4, 0.5) is 5.69 Å². The van der Waals surface area contributed by atoms with Crippen LogP contribution in [0.1, 0.15) is 38.3 Å². The lowest BCUT2D eigenvalue weighted by Gasteiger charge is -2.32. The topological polar surface area (TPSA) is 86.8 Å². The molecule has 40 heavy (non-hydrogen) atoms. The van der Waals surface area contributed by atoms with Gasteiger partial charge in [-0.2, -0.15) is 0 Å². The molecular weight excluding hydrogens is 610 g/mol. The first kappa shape index (κ1) is 31.7. The minimum absolute atomic E-state index is 0.0618. The molecule has 0 saturated carbocycles. The smallest absolute Gasteiger partial charge is 0.264 e. The maximum Gasteiger partial charge on any atom is 0.264 e. The summed E-state index contributed by atoms with van der Waals surface area (Å²) < 4.78 is 29.9. The highest BCUT2D eigenvalue weighted by Gasteiger charge is 2.32. The molecule has 2 amide bonds.